The third-order valence-electron chi connectivity index (χ3n) is 3.05. The summed E-state index contributed by atoms with van der Waals surface area (Å²) >= 11 is 0. The highest BCUT2D eigenvalue weighted by Crippen LogP contribution is 2.23. The Bertz CT molecular complexity index is 774. The Balaban J connectivity index is 2.16. The number of sulfone groups is 1. The first-order chi connectivity index (χ1) is 9.90. The zero-order valence-electron chi connectivity index (χ0n) is 11.8. The Kier molecular flexibility index (Phi) is 4.29. The van der Waals surface area contributed by atoms with Gasteiger partial charge in [0.15, 0.2) is 9.84 Å². The number of hydrogen-bond acceptors (Lipinski definition) is 4. The minimum atomic E-state index is -3.20. The van der Waals surface area contributed by atoms with Crippen LogP contribution in [0.1, 0.15) is 24.2 Å². The van der Waals surface area contributed by atoms with Crippen LogP contribution in [0.25, 0.3) is 0 Å². The summed E-state index contributed by atoms with van der Waals surface area (Å²) in [6.45, 7) is 1.88. The third-order valence-corrected chi connectivity index (χ3v) is 4.18. The molecule has 0 aliphatic carbocycles. The van der Waals surface area contributed by atoms with E-state index in [1.807, 2.05) is 13.0 Å². The Morgan fingerprint density at radius 3 is 2.38 bits per heavy atom. The molecule has 5 heteroatoms. The Hall–Kier alpha value is -2.32. The molecule has 0 radical (unpaired) electrons. The van der Waals surface area contributed by atoms with E-state index < -0.39 is 9.84 Å². The van der Waals surface area contributed by atoms with Crippen molar-refractivity contribution in [1.82, 2.24) is 0 Å². The van der Waals surface area contributed by atoms with E-state index in [9.17, 15) is 8.42 Å². The van der Waals surface area contributed by atoms with Crippen LogP contribution in [-0.4, -0.2) is 14.7 Å². The highest BCUT2D eigenvalue weighted by atomic mass is 32.2. The van der Waals surface area contributed by atoms with Gasteiger partial charge in [0.05, 0.1) is 16.5 Å². The first-order valence-corrected chi connectivity index (χ1v) is 8.26. The van der Waals surface area contributed by atoms with Crippen molar-refractivity contribution in [1.29, 1.82) is 5.26 Å². The Morgan fingerprint density at radius 1 is 1.14 bits per heavy atom. The van der Waals surface area contributed by atoms with Crippen LogP contribution in [0.4, 0.5) is 0 Å². The van der Waals surface area contributed by atoms with Gasteiger partial charge in [-0.25, -0.2) is 8.42 Å². The summed E-state index contributed by atoms with van der Waals surface area (Å²) in [6, 6.07) is 15.6. The summed E-state index contributed by atoms with van der Waals surface area (Å²) in [7, 11) is -3.20. The fourth-order valence-corrected chi connectivity index (χ4v) is 2.53. The highest BCUT2D eigenvalue weighted by Gasteiger charge is 2.10. The van der Waals surface area contributed by atoms with Crippen molar-refractivity contribution in [2.24, 2.45) is 0 Å². The van der Waals surface area contributed by atoms with E-state index in [-0.39, 0.29) is 11.0 Å². The average molecular weight is 301 g/mol. The molecule has 0 saturated heterocycles. The minimum Gasteiger partial charge on any atom is -0.486 e. The summed E-state index contributed by atoms with van der Waals surface area (Å²) in [6.07, 6.45) is 0.932. The van der Waals surface area contributed by atoms with Gasteiger partial charge in [-0.3, -0.25) is 0 Å². The van der Waals surface area contributed by atoms with Crippen LogP contribution in [-0.2, 0) is 9.84 Å². The van der Waals surface area contributed by atoms with Gasteiger partial charge < -0.3 is 4.74 Å². The Labute approximate surface area is 124 Å². The van der Waals surface area contributed by atoms with Crippen LogP contribution in [0.5, 0.6) is 5.75 Å². The topological polar surface area (TPSA) is 67.2 Å². The predicted molar refractivity (Wildman–Crippen MR) is 79.8 cm³/mol. The van der Waals surface area contributed by atoms with E-state index in [2.05, 4.69) is 6.07 Å². The SMILES string of the molecule is CC(Oc1ccc(S(C)(=O)=O)cc1)c1cccc(C#N)c1. The van der Waals surface area contributed by atoms with Crippen LogP contribution < -0.4 is 4.74 Å². The lowest BCUT2D eigenvalue weighted by Crippen LogP contribution is -2.04. The van der Waals surface area contributed by atoms with Crippen molar-refractivity contribution in [2.45, 2.75) is 17.9 Å². The lowest BCUT2D eigenvalue weighted by Gasteiger charge is -2.15. The summed E-state index contributed by atoms with van der Waals surface area (Å²) < 4.78 is 28.5. The van der Waals surface area contributed by atoms with E-state index in [0.717, 1.165) is 5.56 Å². The second-order valence-electron chi connectivity index (χ2n) is 4.74. The van der Waals surface area contributed by atoms with Crippen molar-refractivity contribution < 1.29 is 13.2 Å². The molecule has 0 aliphatic rings. The molecule has 2 aromatic carbocycles. The van der Waals surface area contributed by atoms with E-state index in [0.29, 0.717) is 11.3 Å². The van der Waals surface area contributed by atoms with Gasteiger partial charge in [0.1, 0.15) is 11.9 Å². The normalized spacial score (nSPS) is 12.4. The standard InChI is InChI=1S/C16H15NO3S/c1-12(14-5-3-4-13(10-14)11-17)20-15-6-8-16(9-7-15)21(2,18)19/h3-10,12H,1-2H3. The minimum absolute atomic E-state index is 0.234. The summed E-state index contributed by atoms with van der Waals surface area (Å²) in [4.78, 5) is 0.258. The first kappa shape index (κ1) is 15.1. The fourth-order valence-electron chi connectivity index (χ4n) is 1.90. The summed E-state index contributed by atoms with van der Waals surface area (Å²) in [5.41, 5.74) is 1.47. The molecule has 0 saturated carbocycles. The van der Waals surface area contributed by atoms with Gasteiger partial charge in [0, 0.05) is 6.26 Å². The van der Waals surface area contributed by atoms with E-state index in [1.54, 1.807) is 30.3 Å². The van der Waals surface area contributed by atoms with E-state index >= 15 is 0 Å². The number of nitriles is 1. The lowest BCUT2D eigenvalue weighted by molar-refractivity contribution is 0.227. The molecule has 2 aromatic rings. The molecule has 1 unspecified atom stereocenters. The van der Waals surface area contributed by atoms with Crippen molar-refractivity contribution in [2.75, 3.05) is 6.26 Å². The second-order valence-corrected chi connectivity index (χ2v) is 6.76. The van der Waals surface area contributed by atoms with Crippen LogP contribution in [0.3, 0.4) is 0 Å². The van der Waals surface area contributed by atoms with Gasteiger partial charge in [-0.15, -0.1) is 0 Å². The summed E-state index contributed by atoms with van der Waals surface area (Å²) in [5.74, 6) is 0.581. The van der Waals surface area contributed by atoms with Gasteiger partial charge in [0.2, 0.25) is 0 Å². The fraction of sp³-hybridized carbons (Fsp3) is 0.188. The molecule has 4 nitrogen and oxygen atoms in total. The van der Waals surface area contributed by atoms with Gasteiger partial charge >= 0.3 is 0 Å². The third kappa shape index (κ3) is 3.83. The lowest BCUT2D eigenvalue weighted by atomic mass is 10.1. The van der Waals surface area contributed by atoms with Gasteiger partial charge in [-0.05, 0) is 48.9 Å². The molecule has 2 rings (SSSR count). The molecule has 0 N–H and O–H groups in total. The molecular weight excluding hydrogens is 286 g/mol. The number of nitrogens with zero attached hydrogens (tertiary/aromatic N) is 1. The molecule has 0 amide bonds. The van der Waals surface area contributed by atoms with Crippen LogP contribution >= 0.6 is 0 Å². The van der Waals surface area contributed by atoms with E-state index in [1.165, 1.54) is 18.4 Å². The zero-order chi connectivity index (χ0) is 15.5. The van der Waals surface area contributed by atoms with Crippen molar-refractivity contribution in [3.63, 3.8) is 0 Å². The monoisotopic (exact) mass is 301 g/mol. The van der Waals surface area contributed by atoms with Crippen molar-refractivity contribution in [3.8, 4) is 11.8 Å². The molecule has 0 aliphatic heterocycles. The predicted octanol–water partition coefficient (Wildman–Crippen LogP) is 3.10. The molecule has 0 aromatic heterocycles. The zero-order valence-corrected chi connectivity index (χ0v) is 12.6. The van der Waals surface area contributed by atoms with Crippen LogP contribution in [0.2, 0.25) is 0 Å². The van der Waals surface area contributed by atoms with E-state index in [4.69, 9.17) is 10.00 Å². The number of ether oxygens (including phenoxy) is 1. The maximum absolute atomic E-state index is 11.4. The average Bonchev–Trinajstić information content (AvgIpc) is 2.47. The number of benzene rings is 2. The molecule has 1 atom stereocenters. The second kappa shape index (κ2) is 5.98. The largest absolute Gasteiger partial charge is 0.486 e. The smallest absolute Gasteiger partial charge is 0.175 e. The van der Waals surface area contributed by atoms with Crippen molar-refractivity contribution in [3.05, 3.63) is 59.7 Å². The van der Waals surface area contributed by atoms with Crippen LogP contribution in [0.15, 0.2) is 53.4 Å². The molecule has 0 heterocycles. The van der Waals surface area contributed by atoms with Crippen LogP contribution in [0, 0.1) is 11.3 Å². The Morgan fingerprint density at radius 2 is 1.81 bits per heavy atom. The maximum atomic E-state index is 11.4. The number of hydrogen-bond donors (Lipinski definition) is 0. The quantitative estimate of drug-likeness (QED) is 0.870. The van der Waals surface area contributed by atoms with Gasteiger partial charge in [-0.2, -0.15) is 5.26 Å². The van der Waals surface area contributed by atoms with Crippen molar-refractivity contribution >= 4 is 9.84 Å². The van der Waals surface area contributed by atoms with Gasteiger partial charge in [-0.1, -0.05) is 12.1 Å². The molecule has 108 valence electrons. The summed E-state index contributed by atoms with van der Waals surface area (Å²) in [5, 5.41) is 8.89. The molecule has 0 spiro atoms. The molecular formula is C16H15NO3S. The molecule has 0 fully saturated rings. The maximum Gasteiger partial charge on any atom is 0.175 e. The highest BCUT2D eigenvalue weighted by molar-refractivity contribution is 7.90. The molecule has 21 heavy (non-hydrogen) atoms. The van der Waals surface area contributed by atoms with Gasteiger partial charge in [0.25, 0.3) is 0 Å². The first-order valence-electron chi connectivity index (χ1n) is 6.37. The number of rotatable bonds is 4. The molecule has 0 bridgehead atoms.